The fraction of sp³-hybridized carbons (Fsp3) is 0. The normalized spacial score (nSPS) is 11.8. The van der Waals surface area contributed by atoms with Gasteiger partial charge in [-0.25, -0.2) is 4.39 Å². The second-order valence-electron chi connectivity index (χ2n) is 6.23. The number of hydrogen-bond acceptors (Lipinski definition) is 2. The van der Waals surface area contributed by atoms with E-state index in [9.17, 15) is 9.18 Å². The summed E-state index contributed by atoms with van der Waals surface area (Å²) in [5.74, 6) is -0.403. The van der Waals surface area contributed by atoms with Crippen LogP contribution in [0.5, 0.6) is 0 Å². The Kier molecular flexibility index (Phi) is 3.48. The quantitative estimate of drug-likeness (QED) is 0.252. The fourth-order valence-corrected chi connectivity index (χ4v) is 4.75. The standard InChI is InChI=1S/C21H9Cl2FOS/c22-17-6-11-3-10-5-15-20(8-13(10)4-12(11)7-18(17)23)26-19-2-1-14(24)9-16(19)21(15)25/h1-9H. The molecular formula is C21H9Cl2FOS. The molecule has 0 saturated heterocycles. The van der Waals surface area contributed by atoms with E-state index < -0.39 is 5.82 Å². The van der Waals surface area contributed by atoms with E-state index in [0.29, 0.717) is 20.8 Å². The highest BCUT2D eigenvalue weighted by Crippen LogP contribution is 2.33. The van der Waals surface area contributed by atoms with Crippen LogP contribution in [0, 0.1) is 5.82 Å². The molecular weight excluding hydrogens is 390 g/mol. The molecule has 0 aliphatic heterocycles. The highest BCUT2D eigenvalue weighted by atomic mass is 35.5. The predicted octanol–water partition coefficient (Wildman–Crippen LogP) is 7.17. The van der Waals surface area contributed by atoms with Crippen molar-refractivity contribution in [1.82, 2.24) is 0 Å². The summed E-state index contributed by atoms with van der Waals surface area (Å²) in [4.78, 5) is 12.8. The van der Waals surface area contributed by atoms with Gasteiger partial charge >= 0.3 is 0 Å². The molecule has 0 atom stereocenters. The molecule has 26 heavy (non-hydrogen) atoms. The Hall–Kier alpha value is -2.20. The maximum absolute atomic E-state index is 13.6. The van der Waals surface area contributed by atoms with Crippen LogP contribution in [0.1, 0.15) is 0 Å². The van der Waals surface area contributed by atoms with Crippen LogP contribution in [-0.4, -0.2) is 0 Å². The van der Waals surface area contributed by atoms with Gasteiger partial charge in [0.2, 0.25) is 0 Å². The van der Waals surface area contributed by atoms with E-state index >= 15 is 0 Å². The van der Waals surface area contributed by atoms with Gasteiger partial charge in [0.1, 0.15) is 5.82 Å². The van der Waals surface area contributed by atoms with E-state index in [4.69, 9.17) is 23.2 Å². The lowest BCUT2D eigenvalue weighted by Crippen LogP contribution is -2.01. The molecule has 1 aromatic heterocycles. The van der Waals surface area contributed by atoms with Gasteiger partial charge in [-0.15, -0.1) is 11.3 Å². The van der Waals surface area contributed by atoms with Crippen molar-refractivity contribution in [2.75, 3.05) is 0 Å². The van der Waals surface area contributed by atoms with Gasteiger partial charge in [0.15, 0.2) is 5.43 Å². The molecule has 0 aliphatic carbocycles. The molecule has 0 saturated carbocycles. The summed E-state index contributed by atoms with van der Waals surface area (Å²) >= 11 is 13.7. The third-order valence-corrected chi connectivity index (χ3v) is 6.44. The Balaban J connectivity index is 1.93. The lowest BCUT2D eigenvalue weighted by atomic mass is 10.0. The number of rotatable bonds is 0. The summed E-state index contributed by atoms with van der Waals surface area (Å²) in [6.07, 6.45) is 0. The first-order valence-corrected chi connectivity index (χ1v) is 9.45. The van der Waals surface area contributed by atoms with Crippen LogP contribution >= 0.6 is 34.5 Å². The van der Waals surface area contributed by atoms with Crippen molar-refractivity contribution in [1.29, 1.82) is 0 Å². The Morgan fingerprint density at radius 1 is 0.692 bits per heavy atom. The van der Waals surface area contributed by atoms with Crippen LogP contribution in [0.25, 0.3) is 41.7 Å². The van der Waals surface area contributed by atoms with Gasteiger partial charge in [0, 0.05) is 20.2 Å². The first-order valence-electron chi connectivity index (χ1n) is 7.88. The van der Waals surface area contributed by atoms with E-state index in [1.807, 2.05) is 36.4 Å². The molecule has 126 valence electrons. The molecule has 0 unspecified atom stereocenters. The largest absolute Gasteiger partial charge is 0.289 e. The van der Waals surface area contributed by atoms with Gasteiger partial charge in [-0.3, -0.25) is 4.79 Å². The molecule has 5 rings (SSSR count). The smallest absolute Gasteiger partial charge is 0.195 e. The topological polar surface area (TPSA) is 17.1 Å². The van der Waals surface area contributed by atoms with Crippen molar-refractivity contribution >= 4 is 76.3 Å². The van der Waals surface area contributed by atoms with Gasteiger partial charge in [-0.1, -0.05) is 23.2 Å². The zero-order valence-electron chi connectivity index (χ0n) is 13.1. The van der Waals surface area contributed by atoms with Gasteiger partial charge in [-0.05, 0) is 76.1 Å². The molecule has 0 aliphatic rings. The lowest BCUT2D eigenvalue weighted by molar-refractivity contribution is 0.630. The Labute approximate surface area is 161 Å². The maximum Gasteiger partial charge on any atom is 0.195 e. The van der Waals surface area contributed by atoms with Crippen molar-refractivity contribution in [3.8, 4) is 0 Å². The van der Waals surface area contributed by atoms with Crippen LogP contribution in [0.2, 0.25) is 10.0 Å². The minimum atomic E-state index is -0.403. The molecule has 1 nitrogen and oxygen atoms in total. The van der Waals surface area contributed by atoms with E-state index in [-0.39, 0.29) is 5.43 Å². The highest BCUT2D eigenvalue weighted by Gasteiger charge is 2.10. The van der Waals surface area contributed by atoms with Crippen LogP contribution in [0.4, 0.5) is 4.39 Å². The average molecular weight is 399 g/mol. The third-order valence-electron chi connectivity index (χ3n) is 4.58. The molecule has 0 fully saturated rings. The van der Waals surface area contributed by atoms with Crippen molar-refractivity contribution in [2.45, 2.75) is 0 Å². The summed E-state index contributed by atoms with van der Waals surface area (Å²) < 4.78 is 15.2. The summed E-state index contributed by atoms with van der Waals surface area (Å²) in [5, 5.41) is 5.90. The monoisotopic (exact) mass is 398 g/mol. The minimum Gasteiger partial charge on any atom is -0.289 e. The van der Waals surface area contributed by atoms with Crippen molar-refractivity contribution < 1.29 is 4.39 Å². The summed E-state index contributed by atoms with van der Waals surface area (Å²) in [6, 6.07) is 15.9. The van der Waals surface area contributed by atoms with E-state index in [2.05, 4.69) is 0 Å². The maximum atomic E-state index is 13.6. The van der Waals surface area contributed by atoms with E-state index in [0.717, 1.165) is 30.9 Å². The average Bonchev–Trinajstić information content (AvgIpc) is 2.61. The van der Waals surface area contributed by atoms with Crippen LogP contribution < -0.4 is 5.43 Å². The zero-order valence-corrected chi connectivity index (χ0v) is 15.5. The van der Waals surface area contributed by atoms with Gasteiger partial charge < -0.3 is 0 Å². The highest BCUT2D eigenvalue weighted by molar-refractivity contribution is 7.24. The first-order chi connectivity index (χ1) is 12.5. The fourth-order valence-electron chi connectivity index (χ4n) is 3.32. The predicted molar refractivity (Wildman–Crippen MR) is 111 cm³/mol. The van der Waals surface area contributed by atoms with Crippen LogP contribution in [-0.2, 0) is 0 Å². The van der Waals surface area contributed by atoms with Crippen molar-refractivity contribution in [2.24, 2.45) is 0 Å². The molecule has 4 aromatic carbocycles. The SMILES string of the molecule is O=c1c2cc(F)ccc2sc2cc3cc4cc(Cl)c(Cl)cc4cc3cc12. The van der Waals surface area contributed by atoms with Crippen LogP contribution in [0.15, 0.2) is 59.4 Å². The molecule has 0 N–H and O–H groups in total. The van der Waals surface area contributed by atoms with Gasteiger partial charge in [0.25, 0.3) is 0 Å². The minimum absolute atomic E-state index is 0.149. The number of benzene rings is 4. The first kappa shape index (κ1) is 16.0. The molecule has 0 amide bonds. The molecule has 5 heteroatoms. The summed E-state index contributed by atoms with van der Waals surface area (Å²) in [7, 11) is 0. The number of hydrogen-bond donors (Lipinski definition) is 0. The van der Waals surface area contributed by atoms with Crippen molar-refractivity contribution in [3.05, 3.63) is 80.7 Å². The summed E-state index contributed by atoms with van der Waals surface area (Å²) in [5.41, 5.74) is -0.149. The Morgan fingerprint density at radius 3 is 1.96 bits per heavy atom. The van der Waals surface area contributed by atoms with Crippen molar-refractivity contribution in [3.63, 3.8) is 0 Å². The number of halogens is 3. The van der Waals surface area contributed by atoms with Crippen LogP contribution in [0.3, 0.4) is 0 Å². The second-order valence-corrected chi connectivity index (χ2v) is 8.13. The Morgan fingerprint density at radius 2 is 1.27 bits per heavy atom. The molecule has 5 aromatic rings. The third kappa shape index (κ3) is 2.39. The Bertz CT molecular complexity index is 1440. The van der Waals surface area contributed by atoms with Gasteiger partial charge in [-0.2, -0.15) is 0 Å². The number of fused-ring (bicyclic) bond motifs is 4. The van der Waals surface area contributed by atoms with E-state index in [1.54, 1.807) is 6.07 Å². The molecule has 0 spiro atoms. The molecule has 0 bridgehead atoms. The molecule has 1 heterocycles. The van der Waals surface area contributed by atoms with Gasteiger partial charge in [0.05, 0.1) is 10.0 Å². The van der Waals surface area contributed by atoms with E-state index in [1.165, 1.54) is 23.5 Å². The zero-order chi connectivity index (χ0) is 18.0. The summed E-state index contributed by atoms with van der Waals surface area (Å²) in [6.45, 7) is 0. The lowest BCUT2D eigenvalue weighted by Gasteiger charge is -2.07. The molecule has 0 radical (unpaired) electrons. The second kappa shape index (κ2) is 5.65.